The molecule has 0 aliphatic rings. The molecule has 0 aliphatic heterocycles. The van der Waals surface area contributed by atoms with Gasteiger partial charge in [-0.25, -0.2) is 14.2 Å². The monoisotopic (exact) mass is 284 g/mol. The minimum atomic E-state index is -1.01. The third kappa shape index (κ3) is 2.27. The quantitative estimate of drug-likeness (QED) is 0.801. The van der Waals surface area contributed by atoms with Gasteiger partial charge in [-0.15, -0.1) is 0 Å². The Labute approximate surface area is 120 Å². The predicted octanol–water partition coefficient (Wildman–Crippen LogP) is 3.48. The molecule has 0 amide bonds. The summed E-state index contributed by atoms with van der Waals surface area (Å²) in [7, 11) is 0. The van der Waals surface area contributed by atoms with Gasteiger partial charge in [0.1, 0.15) is 5.82 Å². The highest BCUT2D eigenvalue weighted by atomic mass is 19.1. The summed E-state index contributed by atoms with van der Waals surface area (Å²) >= 11 is 0. The van der Waals surface area contributed by atoms with Gasteiger partial charge in [0, 0.05) is 0 Å². The number of carboxylic acids is 1. The van der Waals surface area contributed by atoms with Gasteiger partial charge in [0.15, 0.2) is 0 Å². The number of rotatable bonds is 3. The lowest BCUT2D eigenvalue weighted by atomic mass is 10.1. The van der Waals surface area contributed by atoms with Crippen molar-refractivity contribution in [2.45, 2.75) is 13.0 Å². The summed E-state index contributed by atoms with van der Waals surface area (Å²) in [6.45, 7) is 1.88. The third-order valence-corrected chi connectivity index (χ3v) is 3.57. The summed E-state index contributed by atoms with van der Waals surface area (Å²) in [5, 5.41) is 9.32. The fraction of sp³-hybridized carbons (Fsp3) is 0.125. The lowest BCUT2D eigenvalue weighted by molar-refractivity contribution is 0.0698. The number of carbonyl (C=O) groups is 1. The molecule has 1 N–H and O–H groups in total. The topological polar surface area (TPSA) is 55.1 Å². The summed E-state index contributed by atoms with van der Waals surface area (Å²) in [5.41, 5.74) is 2.10. The van der Waals surface area contributed by atoms with Crippen molar-refractivity contribution in [1.29, 1.82) is 0 Å². The van der Waals surface area contributed by atoms with Crippen LogP contribution in [0.25, 0.3) is 11.0 Å². The summed E-state index contributed by atoms with van der Waals surface area (Å²) in [5.74, 6) is -1.32. The molecule has 1 unspecified atom stereocenters. The van der Waals surface area contributed by atoms with Crippen molar-refractivity contribution in [2.24, 2.45) is 0 Å². The molecule has 106 valence electrons. The Balaban J connectivity index is 2.18. The number of nitrogens with zero attached hydrogens (tertiary/aromatic N) is 2. The van der Waals surface area contributed by atoms with Gasteiger partial charge in [-0.05, 0) is 36.8 Å². The van der Waals surface area contributed by atoms with Gasteiger partial charge in [0.05, 0.1) is 29.0 Å². The van der Waals surface area contributed by atoms with Crippen LogP contribution in [0.15, 0.2) is 48.8 Å². The predicted molar refractivity (Wildman–Crippen MR) is 76.9 cm³/mol. The van der Waals surface area contributed by atoms with E-state index in [1.54, 1.807) is 35.2 Å². The molecule has 0 spiro atoms. The van der Waals surface area contributed by atoms with Crippen molar-refractivity contribution < 1.29 is 14.3 Å². The van der Waals surface area contributed by atoms with Gasteiger partial charge >= 0.3 is 5.97 Å². The molecular weight excluding hydrogens is 271 g/mol. The van der Waals surface area contributed by atoms with Gasteiger partial charge in [-0.2, -0.15) is 0 Å². The minimum Gasteiger partial charge on any atom is -0.478 e. The van der Waals surface area contributed by atoms with Crippen LogP contribution in [0.2, 0.25) is 0 Å². The average molecular weight is 284 g/mol. The Morgan fingerprint density at radius 2 is 2.05 bits per heavy atom. The first-order chi connectivity index (χ1) is 10.1. The van der Waals surface area contributed by atoms with Gasteiger partial charge in [0.25, 0.3) is 0 Å². The zero-order chi connectivity index (χ0) is 15.0. The first-order valence-corrected chi connectivity index (χ1v) is 6.52. The smallest absolute Gasteiger partial charge is 0.337 e. The van der Waals surface area contributed by atoms with Crippen LogP contribution in [0.4, 0.5) is 4.39 Å². The fourth-order valence-corrected chi connectivity index (χ4v) is 2.48. The number of halogens is 1. The lowest BCUT2D eigenvalue weighted by Crippen LogP contribution is -2.08. The van der Waals surface area contributed by atoms with Crippen LogP contribution in [0.3, 0.4) is 0 Å². The first kappa shape index (κ1) is 13.3. The second kappa shape index (κ2) is 5.01. The van der Waals surface area contributed by atoms with Crippen molar-refractivity contribution in [2.75, 3.05) is 0 Å². The number of hydrogen-bond donors (Lipinski definition) is 1. The molecule has 4 nitrogen and oxygen atoms in total. The van der Waals surface area contributed by atoms with E-state index in [1.807, 2.05) is 13.0 Å². The molecule has 3 rings (SSSR count). The standard InChI is InChI=1S/C16H13FN2O2/c1-10(11-4-2-5-12(17)8-11)19-9-18-14-7-3-6-13(15(14)19)16(20)21/h2-10H,1H3,(H,20,21). The van der Waals surface area contributed by atoms with Crippen LogP contribution < -0.4 is 0 Å². The maximum atomic E-state index is 13.4. The number of aromatic nitrogens is 2. The molecule has 0 aliphatic carbocycles. The van der Waals surface area contributed by atoms with Crippen LogP contribution in [0.5, 0.6) is 0 Å². The van der Waals surface area contributed by atoms with Crippen molar-refractivity contribution in [1.82, 2.24) is 9.55 Å². The highest BCUT2D eigenvalue weighted by Gasteiger charge is 2.17. The van der Waals surface area contributed by atoms with Crippen molar-refractivity contribution >= 4 is 17.0 Å². The van der Waals surface area contributed by atoms with Crippen molar-refractivity contribution in [3.05, 3.63) is 65.7 Å². The Hall–Kier alpha value is -2.69. The van der Waals surface area contributed by atoms with Gasteiger partial charge < -0.3 is 9.67 Å². The molecule has 1 aromatic heterocycles. The molecular formula is C16H13FN2O2. The molecule has 0 saturated carbocycles. The van der Waals surface area contributed by atoms with E-state index in [0.717, 1.165) is 5.56 Å². The molecule has 0 radical (unpaired) electrons. The van der Waals surface area contributed by atoms with Crippen molar-refractivity contribution in [3.8, 4) is 0 Å². The largest absolute Gasteiger partial charge is 0.478 e. The summed E-state index contributed by atoms with van der Waals surface area (Å²) in [6.07, 6.45) is 1.59. The summed E-state index contributed by atoms with van der Waals surface area (Å²) < 4.78 is 15.1. The highest BCUT2D eigenvalue weighted by molar-refractivity contribution is 6.01. The second-order valence-electron chi connectivity index (χ2n) is 4.86. The van der Waals surface area contributed by atoms with E-state index < -0.39 is 5.97 Å². The normalized spacial score (nSPS) is 12.5. The number of para-hydroxylation sites is 1. The van der Waals surface area contributed by atoms with E-state index in [-0.39, 0.29) is 17.4 Å². The maximum Gasteiger partial charge on any atom is 0.337 e. The van der Waals surface area contributed by atoms with Crippen LogP contribution >= 0.6 is 0 Å². The highest BCUT2D eigenvalue weighted by Crippen LogP contribution is 2.26. The van der Waals surface area contributed by atoms with E-state index in [2.05, 4.69) is 4.98 Å². The van der Waals surface area contributed by atoms with Gasteiger partial charge in [-0.3, -0.25) is 0 Å². The number of carboxylic acid groups (broad SMARTS) is 1. The summed E-state index contributed by atoms with van der Waals surface area (Å²) in [4.78, 5) is 15.6. The van der Waals surface area contributed by atoms with Crippen LogP contribution in [0.1, 0.15) is 28.9 Å². The Morgan fingerprint density at radius 3 is 2.76 bits per heavy atom. The molecule has 0 fully saturated rings. The first-order valence-electron chi connectivity index (χ1n) is 6.52. The Bertz CT molecular complexity index is 826. The zero-order valence-electron chi connectivity index (χ0n) is 11.3. The van der Waals surface area contributed by atoms with E-state index in [1.165, 1.54) is 12.1 Å². The maximum absolute atomic E-state index is 13.4. The third-order valence-electron chi connectivity index (χ3n) is 3.57. The molecule has 3 aromatic rings. The van der Waals surface area contributed by atoms with Crippen LogP contribution in [-0.4, -0.2) is 20.6 Å². The molecule has 0 bridgehead atoms. The van der Waals surface area contributed by atoms with E-state index >= 15 is 0 Å². The van der Waals surface area contributed by atoms with E-state index in [4.69, 9.17) is 0 Å². The number of imidazole rings is 1. The van der Waals surface area contributed by atoms with E-state index in [9.17, 15) is 14.3 Å². The second-order valence-corrected chi connectivity index (χ2v) is 4.86. The van der Waals surface area contributed by atoms with Gasteiger partial charge in [-0.1, -0.05) is 18.2 Å². The Morgan fingerprint density at radius 1 is 1.29 bits per heavy atom. The number of fused-ring (bicyclic) bond motifs is 1. The SMILES string of the molecule is CC(c1cccc(F)c1)n1cnc2cccc(C(=O)O)c21. The van der Waals surface area contributed by atoms with E-state index in [0.29, 0.717) is 11.0 Å². The average Bonchev–Trinajstić information content (AvgIpc) is 2.90. The lowest BCUT2D eigenvalue weighted by Gasteiger charge is -2.16. The zero-order valence-corrected chi connectivity index (χ0v) is 11.3. The fourth-order valence-electron chi connectivity index (χ4n) is 2.48. The molecule has 2 aromatic carbocycles. The molecule has 0 saturated heterocycles. The molecule has 21 heavy (non-hydrogen) atoms. The summed E-state index contributed by atoms with van der Waals surface area (Å²) in [6, 6.07) is 11.0. The molecule has 1 atom stereocenters. The van der Waals surface area contributed by atoms with Gasteiger partial charge in [0.2, 0.25) is 0 Å². The van der Waals surface area contributed by atoms with Crippen molar-refractivity contribution in [3.63, 3.8) is 0 Å². The minimum absolute atomic E-state index is 0.188. The number of benzene rings is 2. The molecule has 5 heteroatoms. The van der Waals surface area contributed by atoms with Crippen LogP contribution in [-0.2, 0) is 0 Å². The number of hydrogen-bond acceptors (Lipinski definition) is 2. The molecule has 1 heterocycles. The number of aromatic carboxylic acids is 1. The van der Waals surface area contributed by atoms with Crippen LogP contribution in [0, 0.1) is 5.82 Å². The Kier molecular flexibility index (Phi) is 3.17.